The number of benzene rings is 1. The number of likely N-dealkylation sites (N-methyl/N-ethyl adjacent to an activating group) is 1. The maximum absolute atomic E-state index is 11.9. The SMILES string of the molecule is CCN1C(=O)[C@H](N)COc2ccccc21. The van der Waals surface area contributed by atoms with Gasteiger partial charge in [0.25, 0.3) is 0 Å². The molecule has 0 saturated carbocycles. The third-order valence-corrected chi connectivity index (χ3v) is 2.47. The van der Waals surface area contributed by atoms with Crippen LogP contribution in [-0.4, -0.2) is 25.1 Å². The van der Waals surface area contributed by atoms with Crippen molar-refractivity contribution in [3.05, 3.63) is 24.3 Å². The summed E-state index contributed by atoms with van der Waals surface area (Å²) in [5.74, 6) is 0.642. The second kappa shape index (κ2) is 3.90. The molecule has 80 valence electrons. The molecule has 1 aromatic carbocycles. The Morgan fingerprint density at radius 1 is 1.53 bits per heavy atom. The minimum atomic E-state index is -0.572. The molecule has 0 aliphatic carbocycles. The molecule has 4 nitrogen and oxygen atoms in total. The molecular formula is C11H14N2O2. The fraction of sp³-hybridized carbons (Fsp3) is 0.364. The van der Waals surface area contributed by atoms with Crippen LogP contribution in [0, 0.1) is 0 Å². The van der Waals surface area contributed by atoms with Gasteiger partial charge in [0.2, 0.25) is 5.91 Å². The van der Waals surface area contributed by atoms with Crippen molar-refractivity contribution in [2.75, 3.05) is 18.1 Å². The van der Waals surface area contributed by atoms with Gasteiger partial charge in [-0.05, 0) is 19.1 Å². The maximum atomic E-state index is 11.9. The largest absolute Gasteiger partial charge is 0.489 e. The maximum Gasteiger partial charge on any atom is 0.247 e. The van der Waals surface area contributed by atoms with E-state index in [0.29, 0.717) is 6.54 Å². The molecule has 2 rings (SSSR count). The normalized spacial score (nSPS) is 20.5. The smallest absolute Gasteiger partial charge is 0.247 e. The van der Waals surface area contributed by atoms with E-state index in [0.717, 1.165) is 11.4 Å². The van der Waals surface area contributed by atoms with Gasteiger partial charge in [0.05, 0.1) is 5.69 Å². The summed E-state index contributed by atoms with van der Waals surface area (Å²) in [6.07, 6.45) is 0. The Morgan fingerprint density at radius 2 is 2.27 bits per heavy atom. The second-order valence-corrected chi connectivity index (χ2v) is 3.47. The van der Waals surface area contributed by atoms with Gasteiger partial charge in [-0.2, -0.15) is 0 Å². The van der Waals surface area contributed by atoms with Gasteiger partial charge < -0.3 is 15.4 Å². The number of carbonyl (C=O) groups is 1. The third kappa shape index (κ3) is 1.68. The number of carbonyl (C=O) groups excluding carboxylic acids is 1. The highest BCUT2D eigenvalue weighted by molar-refractivity contribution is 5.99. The quantitative estimate of drug-likeness (QED) is 0.738. The van der Waals surface area contributed by atoms with Gasteiger partial charge in [0.1, 0.15) is 18.4 Å². The molecule has 1 atom stereocenters. The Hall–Kier alpha value is -1.55. The van der Waals surface area contributed by atoms with Gasteiger partial charge in [-0.3, -0.25) is 4.79 Å². The summed E-state index contributed by atoms with van der Waals surface area (Å²) in [6.45, 7) is 2.77. The molecule has 1 aliphatic heterocycles. The summed E-state index contributed by atoms with van der Waals surface area (Å²) in [6, 6.07) is 6.92. The number of nitrogens with zero attached hydrogens (tertiary/aromatic N) is 1. The van der Waals surface area contributed by atoms with E-state index in [1.807, 2.05) is 31.2 Å². The van der Waals surface area contributed by atoms with Crippen molar-refractivity contribution in [1.82, 2.24) is 0 Å². The fourth-order valence-electron chi connectivity index (χ4n) is 1.70. The lowest BCUT2D eigenvalue weighted by molar-refractivity contribution is -0.120. The van der Waals surface area contributed by atoms with Gasteiger partial charge in [-0.15, -0.1) is 0 Å². The number of ether oxygens (including phenoxy) is 1. The van der Waals surface area contributed by atoms with E-state index in [4.69, 9.17) is 10.5 Å². The van der Waals surface area contributed by atoms with E-state index in [9.17, 15) is 4.79 Å². The van der Waals surface area contributed by atoms with Crippen molar-refractivity contribution in [2.45, 2.75) is 13.0 Å². The number of fused-ring (bicyclic) bond motifs is 1. The van der Waals surface area contributed by atoms with Crippen LogP contribution < -0.4 is 15.4 Å². The van der Waals surface area contributed by atoms with Gasteiger partial charge in [0.15, 0.2) is 0 Å². The Kier molecular flexibility index (Phi) is 2.60. The molecule has 0 radical (unpaired) electrons. The van der Waals surface area contributed by atoms with Crippen molar-refractivity contribution in [2.24, 2.45) is 5.73 Å². The van der Waals surface area contributed by atoms with E-state index < -0.39 is 6.04 Å². The highest BCUT2D eigenvalue weighted by Crippen LogP contribution is 2.30. The number of anilines is 1. The molecular weight excluding hydrogens is 192 g/mol. The fourth-order valence-corrected chi connectivity index (χ4v) is 1.70. The van der Waals surface area contributed by atoms with Crippen LogP contribution in [0.25, 0.3) is 0 Å². The molecule has 1 aromatic rings. The number of nitrogens with two attached hydrogens (primary N) is 1. The van der Waals surface area contributed by atoms with Crippen LogP contribution in [0.5, 0.6) is 5.75 Å². The van der Waals surface area contributed by atoms with Crippen molar-refractivity contribution >= 4 is 11.6 Å². The van der Waals surface area contributed by atoms with E-state index in [2.05, 4.69) is 0 Å². The lowest BCUT2D eigenvalue weighted by atomic mass is 10.2. The van der Waals surface area contributed by atoms with Crippen LogP contribution in [0.3, 0.4) is 0 Å². The van der Waals surface area contributed by atoms with Gasteiger partial charge in [-0.25, -0.2) is 0 Å². The summed E-state index contributed by atoms with van der Waals surface area (Å²) in [5.41, 5.74) is 6.51. The summed E-state index contributed by atoms with van der Waals surface area (Å²) < 4.78 is 5.48. The van der Waals surface area contributed by atoms with Crippen LogP contribution >= 0.6 is 0 Å². The lowest BCUT2D eigenvalue weighted by Crippen LogP contribution is -2.45. The van der Waals surface area contributed by atoms with Crippen LogP contribution in [0.1, 0.15) is 6.92 Å². The highest BCUT2D eigenvalue weighted by Gasteiger charge is 2.27. The van der Waals surface area contributed by atoms with Gasteiger partial charge in [-0.1, -0.05) is 12.1 Å². The number of hydrogen-bond acceptors (Lipinski definition) is 3. The zero-order valence-corrected chi connectivity index (χ0v) is 8.64. The molecule has 0 fully saturated rings. The second-order valence-electron chi connectivity index (χ2n) is 3.47. The van der Waals surface area contributed by atoms with E-state index >= 15 is 0 Å². The predicted octanol–water partition coefficient (Wildman–Crippen LogP) is 0.759. The lowest BCUT2D eigenvalue weighted by Gasteiger charge is -2.20. The number of amides is 1. The first-order chi connectivity index (χ1) is 7.24. The molecule has 4 heteroatoms. The van der Waals surface area contributed by atoms with Crippen molar-refractivity contribution in [1.29, 1.82) is 0 Å². The first-order valence-corrected chi connectivity index (χ1v) is 5.03. The molecule has 15 heavy (non-hydrogen) atoms. The van der Waals surface area contributed by atoms with Crippen molar-refractivity contribution < 1.29 is 9.53 Å². The molecule has 0 aromatic heterocycles. The number of para-hydroxylation sites is 2. The number of rotatable bonds is 1. The average molecular weight is 206 g/mol. The average Bonchev–Trinajstić information content (AvgIpc) is 2.38. The monoisotopic (exact) mass is 206 g/mol. The Balaban J connectivity index is 2.45. The molecule has 1 aliphatic rings. The van der Waals surface area contributed by atoms with E-state index in [-0.39, 0.29) is 12.5 Å². The Labute approximate surface area is 88.6 Å². The topological polar surface area (TPSA) is 55.6 Å². The Morgan fingerprint density at radius 3 is 3.00 bits per heavy atom. The van der Waals surface area contributed by atoms with Crippen LogP contribution in [0.15, 0.2) is 24.3 Å². The molecule has 0 unspecified atom stereocenters. The van der Waals surface area contributed by atoms with Gasteiger partial charge >= 0.3 is 0 Å². The molecule has 1 heterocycles. The summed E-state index contributed by atoms with van der Waals surface area (Å²) >= 11 is 0. The molecule has 0 bridgehead atoms. The third-order valence-electron chi connectivity index (χ3n) is 2.47. The van der Waals surface area contributed by atoms with E-state index in [1.54, 1.807) is 4.90 Å². The van der Waals surface area contributed by atoms with Gasteiger partial charge in [0, 0.05) is 6.54 Å². The summed E-state index contributed by atoms with van der Waals surface area (Å²) in [4.78, 5) is 13.5. The minimum Gasteiger partial charge on any atom is -0.489 e. The number of hydrogen-bond donors (Lipinski definition) is 1. The zero-order valence-electron chi connectivity index (χ0n) is 8.64. The highest BCUT2D eigenvalue weighted by atomic mass is 16.5. The first-order valence-electron chi connectivity index (χ1n) is 5.03. The van der Waals surface area contributed by atoms with E-state index in [1.165, 1.54) is 0 Å². The molecule has 0 saturated heterocycles. The predicted molar refractivity (Wildman–Crippen MR) is 57.9 cm³/mol. The van der Waals surface area contributed by atoms with Crippen LogP contribution in [0.4, 0.5) is 5.69 Å². The molecule has 2 N–H and O–H groups in total. The van der Waals surface area contributed by atoms with Crippen molar-refractivity contribution in [3.63, 3.8) is 0 Å². The van der Waals surface area contributed by atoms with Crippen LogP contribution in [0.2, 0.25) is 0 Å². The van der Waals surface area contributed by atoms with Crippen molar-refractivity contribution in [3.8, 4) is 5.75 Å². The summed E-state index contributed by atoms with van der Waals surface area (Å²) in [7, 11) is 0. The summed E-state index contributed by atoms with van der Waals surface area (Å²) in [5, 5.41) is 0. The van der Waals surface area contributed by atoms with Crippen LogP contribution in [-0.2, 0) is 4.79 Å². The zero-order chi connectivity index (χ0) is 10.8. The molecule has 0 spiro atoms. The standard InChI is InChI=1S/C11H14N2O2/c1-2-13-9-5-3-4-6-10(9)15-7-8(12)11(13)14/h3-6,8H,2,7,12H2,1H3/t8-/m1/s1. The minimum absolute atomic E-state index is 0.0811. The first kappa shape index (κ1) is 9.98. The molecule has 1 amide bonds. The Bertz CT molecular complexity index is 379.